The van der Waals surface area contributed by atoms with Crippen molar-refractivity contribution in [1.82, 2.24) is 20.3 Å². The number of carbonyl (C=O) groups excluding carboxylic acids is 12. The van der Waals surface area contributed by atoms with Crippen LogP contribution in [0.5, 0.6) is 0 Å². The van der Waals surface area contributed by atoms with E-state index in [1.807, 2.05) is 0 Å². The van der Waals surface area contributed by atoms with Crippen LogP contribution in [0.3, 0.4) is 0 Å². The fourth-order valence-electron chi connectivity index (χ4n) is 7.93. The van der Waals surface area contributed by atoms with Gasteiger partial charge in [-0.25, -0.2) is 19.2 Å². The SMILES string of the molecule is CCC(C(=O)O)C(C(=O)ON1C(=O)CCC1=O)C(C(=O)O)C(C(=O)ON1C(=O)CCC1=O)C(CC(C(=O)ON1C(=O)CCC1=O)C(C(=O)O)C(C(=O)ON1C(=O)CCC1=O)C(C)C(=O)O)C(=O)O. The van der Waals surface area contributed by atoms with Gasteiger partial charge in [0.2, 0.25) is 0 Å². The van der Waals surface area contributed by atoms with Crippen molar-refractivity contribution < 1.29 is 126 Å². The second kappa shape index (κ2) is 21.4. The number of carboxylic acids is 5. The summed E-state index contributed by atoms with van der Waals surface area (Å²) in [6.07, 6.45) is -7.70. The molecule has 4 fully saturated rings. The molecule has 30 heteroatoms. The van der Waals surface area contributed by atoms with Crippen LogP contribution in [-0.4, -0.2) is 147 Å². The summed E-state index contributed by atoms with van der Waals surface area (Å²) in [5.41, 5.74) is 0. The summed E-state index contributed by atoms with van der Waals surface area (Å²) in [4.78, 5) is 241. The fourth-order valence-corrected chi connectivity index (χ4v) is 7.93. The molecule has 4 aliphatic heterocycles. The van der Waals surface area contributed by atoms with Gasteiger partial charge in [-0.1, -0.05) is 13.8 Å². The summed E-state index contributed by atoms with van der Waals surface area (Å²) >= 11 is 0. The van der Waals surface area contributed by atoms with E-state index in [4.69, 9.17) is 19.4 Å². The molecule has 8 amide bonds. The van der Waals surface area contributed by atoms with Crippen molar-refractivity contribution in [3.8, 4) is 0 Å². The van der Waals surface area contributed by atoms with Gasteiger partial charge in [-0.2, -0.15) is 0 Å². The summed E-state index contributed by atoms with van der Waals surface area (Å²) in [5, 5.41) is 51.8. The predicted octanol–water partition coefficient (Wildman–Crippen LogP) is -2.80. The van der Waals surface area contributed by atoms with E-state index in [-0.39, 0.29) is 20.3 Å². The van der Waals surface area contributed by atoms with Crippen LogP contribution in [0.25, 0.3) is 0 Å². The zero-order valence-electron chi connectivity index (χ0n) is 35.4. The Hall–Kier alpha value is -8.21. The highest BCUT2D eigenvalue weighted by Gasteiger charge is 2.59. The minimum Gasteiger partial charge on any atom is -0.481 e. The van der Waals surface area contributed by atoms with Crippen LogP contribution in [0, 0.1) is 53.3 Å². The molecule has 68 heavy (non-hydrogen) atoms. The van der Waals surface area contributed by atoms with Gasteiger partial charge in [-0.05, 0) is 12.8 Å². The predicted molar refractivity (Wildman–Crippen MR) is 199 cm³/mol. The molecule has 0 aromatic carbocycles. The van der Waals surface area contributed by atoms with E-state index in [0.717, 1.165) is 6.92 Å². The summed E-state index contributed by atoms with van der Waals surface area (Å²) in [6, 6.07) is 0. The van der Waals surface area contributed by atoms with Crippen molar-refractivity contribution in [3.05, 3.63) is 0 Å². The molecular formula is C38H40N4O26. The van der Waals surface area contributed by atoms with Crippen LogP contribution in [0.4, 0.5) is 0 Å². The van der Waals surface area contributed by atoms with Crippen molar-refractivity contribution >= 4 is 101 Å². The van der Waals surface area contributed by atoms with Crippen molar-refractivity contribution in [1.29, 1.82) is 0 Å². The molecule has 0 radical (unpaired) electrons. The quantitative estimate of drug-likeness (QED) is 0.0646. The van der Waals surface area contributed by atoms with E-state index < -0.39 is 218 Å². The number of amides is 8. The Balaban J connectivity index is 2.03. The molecule has 0 spiro atoms. The molecule has 0 aromatic heterocycles. The first kappa shape index (κ1) is 52.4. The maximum Gasteiger partial charge on any atom is 0.338 e. The van der Waals surface area contributed by atoms with E-state index in [0.29, 0.717) is 6.92 Å². The minimum atomic E-state index is -3.27. The minimum absolute atomic E-state index is 0.183. The number of hydrogen-bond donors (Lipinski definition) is 5. The number of imide groups is 4. The van der Waals surface area contributed by atoms with E-state index in [9.17, 15) is 107 Å². The lowest BCUT2D eigenvalue weighted by atomic mass is 9.66. The van der Waals surface area contributed by atoms with Crippen molar-refractivity contribution in [2.75, 3.05) is 0 Å². The molecule has 0 bridgehead atoms. The van der Waals surface area contributed by atoms with Gasteiger partial charge in [-0.15, -0.1) is 20.3 Å². The Kier molecular flexibility index (Phi) is 16.5. The third-order valence-electron chi connectivity index (χ3n) is 11.4. The number of rotatable bonds is 23. The topological polar surface area (TPSA) is 441 Å². The second-order valence-corrected chi connectivity index (χ2v) is 15.5. The van der Waals surface area contributed by atoms with Crippen LogP contribution in [0.2, 0.25) is 0 Å². The Bertz CT molecular complexity index is 2210. The zero-order chi connectivity index (χ0) is 51.2. The van der Waals surface area contributed by atoms with Crippen molar-refractivity contribution in [2.24, 2.45) is 53.3 Å². The number of hydroxylamine groups is 8. The Morgan fingerprint density at radius 3 is 0.926 bits per heavy atom. The normalized spacial score (nSPS) is 20.3. The molecular weight excluding hydrogens is 928 g/mol. The molecule has 30 nitrogen and oxygen atoms in total. The largest absolute Gasteiger partial charge is 0.481 e. The average molecular weight is 969 g/mol. The zero-order valence-corrected chi connectivity index (χ0v) is 35.4. The number of hydrogen-bond acceptors (Lipinski definition) is 21. The van der Waals surface area contributed by atoms with Crippen LogP contribution in [0.1, 0.15) is 78.1 Å². The van der Waals surface area contributed by atoms with Gasteiger partial charge in [0, 0.05) is 51.4 Å². The molecule has 4 heterocycles. The molecule has 0 aliphatic carbocycles. The van der Waals surface area contributed by atoms with Crippen molar-refractivity contribution in [3.63, 3.8) is 0 Å². The van der Waals surface area contributed by atoms with E-state index >= 15 is 0 Å². The van der Waals surface area contributed by atoms with Gasteiger partial charge in [0.1, 0.15) is 0 Å². The average Bonchev–Trinajstić information content (AvgIpc) is 3.96. The first-order chi connectivity index (χ1) is 31.7. The maximum atomic E-state index is 14.4. The Labute approximate surface area is 378 Å². The van der Waals surface area contributed by atoms with Gasteiger partial charge in [0.25, 0.3) is 47.3 Å². The number of carbonyl (C=O) groups is 17. The molecule has 4 aliphatic rings. The molecule has 9 atom stereocenters. The molecule has 368 valence electrons. The molecule has 5 N–H and O–H groups in total. The lowest BCUT2D eigenvalue weighted by Crippen LogP contribution is -2.53. The van der Waals surface area contributed by atoms with Crippen LogP contribution in [-0.2, 0) is 101 Å². The molecule has 0 aromatic rings. The van der Waals surface area contributed by atoms with Crippen LogP contribution in [0.15, 0.2) is 0 Å². The molecule has 4 saturated heterocycles. The summed E-state index contributed by atoms with van der Waals surface area (Å²) < 4.78 is 0. The van der Waals surface area contributed by atoms with Gasteiger partial charge in [0.15, 0.2) is 0 Å². The highest BCUT2D eigenvalue weighted by molar-refractivity contribution is 6.05. The summed E-state index contributed by atoms with van der Waals surface area (Å²) in [6.45, 7) is 1.64. The van der Waals surface area contributed by atoms with E-state index in [1.165, 1.54) is 0 Å². The number of aliphatic carboxylic acids is 5. The van der Waals surface area contributed by atoms with E-state index in [2.05, 4.69) is 0 Å². The fraction of sp³-hybridized carbons (Fsp3) is 0.553. The summed E-state index contributed by atoms with van der Waals surface area (Å²) in [7, 11) is 0. The van der Waals surface area contributed by atoms with Gasteiger partial charge < -0.3 is 44.9 Å². The highest BCUT2D eigenvalue weighted by Crippen LogP contribution is 2.43. The molecule has 0 saturated carbocycles. The van der Waals surface area contributed by atoms with Crippen molar-refractivity contribution in [2.45, 2.75) is 78.1 Å². The highest BCUT2D eigenvalue weighted by atomic mass is 16.7. The molecule has 4 rings (SSSR count). The lowest BCUT2D eigenvalue weighted by molar-refractivity contribution is -0.213. The third kappa shape index (κ3) is 11.1. The number of carboxylic acid groups (broad SMARTS) is 5. The van der Waals surface area contributed by atoms with Crippen LogP contribution < -0.4 is 0 Å². The molecule has 9 unspecified atom stereocenters. The van der Waals surface area contributed by atoms with Gasteiger partial charge in [0.05, 0.1) is 53.3 Å². The lowest BCUT2D eigenvalue weighted by Gasteiger charge is -2.36. The Morgan fingerprint density at radius 1 is 0.382 bits per heavy atom. The summed E-state index contributed by atoms with van der Waals surface area (Å²) in [5.74, 6) is -56.8. The first-order valence-electron chi connectivity index (χ1n) is 20.2. The van der Waals surface area contributed by atoms with Gasteiger partial charge in [-0.3, -0.25) is 62.3 Å². The standard InChI is InChI=1S/C38H40N4O26/c1-3-14(31(53)54)27(37(63)67-41-21(47)8-9-22(41)48)29(34(59)60)28(38(64)68-42-23(49)10-11-24(42)50)15(32(55)56)12-16(35(61)65-39-17(43)4-5-18(39)44)26(33(57)58)25(13(2)30(51)52)36(62)66-40-19(45)6-7-20(40)46/h13-16,25-29H,3-12H2,1-2H3,(H,51,52)(H,53,54)(H,55,56)(H,57,58)(H,59,60). The second-order valence-electron chi connectivity index (χ2n) is 15.5. The number of nitrogens with zero attached hydrogens (tertiary/aromatic N) is 4. The van der Waals surface area contributed by atoms with Crippen LogP contribution >= 0.6 is 0 Å². The smallest absolute Gasteiger partial charge is 0.338 e. The Morgan fingerprint density at radius 2 is 0.662 bits per heavy atom. The first-order valence-corrected chi connectivity index (χ1v) is 20.2. The van der Waals surface area contributed by atoms with E-state index in [1.54, 1.807) is 0 Å². The maximum absolute atomic E-state index is 14.4. The monoisotopic (exact) mass is 968 g/mol. The third-order valence-corrected chi connectivity index (χ3v) is 11.4. The van der Waals surface area contributed by atoms with Gasteiger partial charge >= 0.3 is 53.7 Å².